The molecule has 2 fully saturated rings. The summed E-state index contributed by atoms with van der Waals surface area (Å²) >= 11 is 0. The Morgan fingerprint density at radius 1 is 0.865 bits per heavy atom. The summed E-state index contributed by atoms with van der Waals surface area (Å²) in [5, 5.41) is 0. The number of hydrogen-bond acceptors (Lipinski definition) is 4. The first-order valence-corrected chi connectivity index (χ1v) is 15.8. The van der Waals surface area contributed by atoms with Gasteiger partial charge in [-0.1, -0.05) is 75.7 Å². The van der Waals surface area contributed by atoms with Gasteiger partial charge in [0.2, 0.25) is 0 Å². The molecule has 0 N–H and O–H groups in total. The largest absolute Gasteiger partial charge is 0.748 e. The number of hydrogen-bond donors (Lipinski definition) is 0. The summed E-state index contributed by atoms with van der Waals surface area (Å²) in [6.07, 6.45) is 4.23. The van der Waals surface area contributed by atoms with Crippen molar-refractivity contribution in [3.63, 3.8) is 0 Å². The van der Waals surface area contributed by atoms with Crippen LogP contribution in [0.2, 0.25) is 0 Å². The summed E-state index contributed by atoms with van der Waals surface area (Å²) in [5.41, 5.74) is 0.204. The van der Waals surface area contributed by atoms with E-state index < -0.39 is 21.3 Å². The van der Waals surface area contributed by atoms with Crippen LogP contribution in [0.3, 0.4) is 0 Å². The fourth-order valence-corrected chi connectivity index (χ4v) is 9.38. The average Bonchev–Trinajstić information content (AvgIpc) is 3.21. The maximum atomic E-state index is 11.8. The second kappa shape index (κ2) is 11.1. The van der Waals surface area contributed by atoms with Gasteiger partial charge in [0.15, 0.2) is 14.7 Å². The molecule has 3 aromatic rings. The zero-order valence-electron chi connectivity index (χ0n) is 21.9. The Labute approximate surface area is 224 Å². The van der Waals surface area contributed by atoms with Gasteiger partial charge in [-0.15, -0.1) is 0 Å². The van der Waals surface area contributed by atoms with Crippen molar-refractivity contribution in [2.24, 2.45) is 16.7 Å². The molecule has 2 atom stereocenters. The fourth-order valence-electron chi connectivity index (χ4n) is 6.01. The summed E-state index contributed by atoms with van der Waals surface area (Å²) in [6.45, 7) is 6.06. The van der Waals surface area contributed by atoms with Crippen molar-refractivity contribution in [3.05, 3.63) is 90.5 Å². The van der Waals surface area contributed by atoms with E-state index in [1.165, 1.54) is 26.7 Å². The molecule has 0 saturated heterocycles. The number of carbonyl (C=O) groups is 1. The van der Waals surface area contributed by atoms with Crippen LogP contribution in [0, 0.1) is 16.7 Å². The second-order valence-corrected chi connectivity index (χ2v) is 14.1. The van der Waals surface area contributed by atoms with Crippen LogP contribution >= 0.6 is 0 Å². The van der Waals surface area contributed by atoms with E-state index in [0.717, 1.165) is 12.8 Å². The van der Waals surface area contributed by atoms with Gasteiger partial charge in [0.1, 0.15) is 5.78 Å². The summed E-state index contributed by atoms with van der Waals surface area (Å²) in [6, 6.07) is 30.8. The molecule has 0 aliphatic heterocycles. The minimum atomic E-state index is -4.33. The third-order valence-corrected chi connectivity index (χ3v) is 11.3. The van der Waals surface area contributed by atoms with Gasteiger partial charge < -0.3 is 4.55 Å². The van der Waals surface area contributed by atoms with Crippen molar-refractivity contribution >= 4 is 26.8 Å². The van der Waals surface area contributed by atoms with Gasteiger partial charge in [-0.25, -0.2) is 8.42 Å². The van der Waals surface area contributed by atoms with Gasteiger partial charge in [0.25, 0.3) is 0 Å². The van der Waals surface area contributed by atoms with Gasteiger partial charge >= 0.3 is 0 Å². The molecule has 2 aliphatic rings. The normalized spacial score (nSPS) is 22.1. The highest BCUT2D eigenvalue weighted by atomic mass is 32.2. The lowest BCUT2D eigenvalue weighted by molar-refractivity contribution is -0.128. The molecule has 0 heterocycles. The lowest BCUT2D eigenvalue weighted by atomic mass is 9.70. The number of benzene rings is 3. The van der Waals surface area contributed by atoms with E-state index in [-0.39, 0.29) is 28.0 Å². The Morgan fingerprint density at radius 2 is 1.38 bits per heavy atom. The third-order valence-electron chi connectivity index (χ3n) is 8.22. The Bertz CT molecular complexity index is 1260. The highest BCUT2D eigenvalue weighted by Gasteiger charge is 2.64. The van der Waals surface area contributed by atoms with Crippen molar-refractivity contribution in [1.29, 1.82) is 0 Å². The van der Waals surface area contributed by atoms with E-state index in [9.17, 15) is 17.8 Å². The smallest absolute Gasteiger partial charge is 0.166 e. The zero-order valence-corrected chi connectivity index (χ0v) is 23.5. The average molecular weight is 537 g/mol. The Balaban J connectivity index is 0.000000186. The van der Waals surface area contributed by atoms with Gasteiger partial charge in [0.05, 0.1) is 26.8 Å². The van der Waals surface area contributed by atoms with Crippen molar-refractivity contribution in [1.82, 2.24) is 0 Å². The third kappa shape index (κ3) is 5.87. The van der Waals surface area contributed by atoms with E-state index >= 15 is 0 Å². The molecule has 6 heteroatoms. The molecule has 3 aromatic carbocycles. The first kappa shape index (κ1) is 27.6. The van der Waals surface area contributed by atoms with E-state index in [1.54, 1.807) is 0 Å². The molecule has 2 bridgehead atoms. The van der Waals surface area contributed by atoms with Crippen molar-refractivity contribution in [3.8, 4) is 0 Å². The van der Waals surface area contributed by atoms with Crippen molar-refractivity contribution < 1.29 is 17.8 Å². The van der Waals surface area contributed by atoms with Crippen LogP contribution in [0.1, 0.15) is 52.0 Å². The Hall–Kier alpha value is -2.41. The molecule has 196 valence electrons. The van der Waals surface area contributed by atoms with Crippen LogP contribution in [0.4, 0.5) is 0 Å². The summed E-state index contributed by atoms with van der Waals surface area (Å²) in [4.78, 5) is 16.0. The predicted molar refractivity (Wildman–Crippen MR) is 149 cm³/mol. The first-order chi connectivity index (χ1) is 17.6. The first-order valence-electron chi connectivity index (χ1n) is 13.0. The maximum absolute atomic E-state index is 11.8. The highest BCUT2D eigenvalue weighted by molar-refractivity contribution is 7.97. The van der Waals surface area contributed by atoms with E-state index in [2.05, 4.69) is 91.9 Å². The Kier molecular flexibility index (Phi) is 8.32. The second-order valence-electron chi connectivity index (χ2n) is 10.7. The van der Waals surface area contributed by atoms with Crippen LogP contribution < -0.4 is 0 Å². The quantitative estimate of drug-likeness (QED) is 0.250. The van der Waals surface area contributed by atoms with E-state index in [0.29, 0.717) is 12.8 Å². The van der Waals surface area contributed by atoms with E-state index in [1.807, 2.05) is 13.8 Å². The van der Waals surface area contributed by atoms with Crippen LogP contribution in [0.5, 0.6) is 0 Å². The van der Waals surface area contributed by atoms with Crippen molar-refractivity contribution in [2.75, 3.05) is 5.75 Å². The van der Waals surface area contributed by atoms with Gasteiger partial charge in [-0.2, -0.15) is 0 Å². The fraction of sp³-hybridized carbons (Fsp3) is 0.387. The summed E-state index contributed by atoms with van der Waals surface area (Å²) in [5.74, 6) is -0.280. The van der Waals surface area contributed by atoms with Crippen LogP contribution in [0.15, 0.2) is 99.6 Å². The number of carbonyl (C=O) groups excluding carboxylic acids is 1. The van der Waals surface area contributed by atoms with Crippen LogP contribution in [0.25, 0.3) is 0 Å². The minimum Gasteiger partial charge on any atom is -0.748 e. The highest BCUT2D eigenvalue weighted by Crippen LogP contribution is 2.64. The molecule has 4 nitrogen and oxygen atoms in total. The van der Waals surface area contributed by atoms with Crippen molar-refractivity contribution in [2.45, 2.75) is 67.6 Å². The molecule has 0 aromatic heterocycles. The Morgan fingerprint density at radius 3 is 1.78 bits per heavy atom. The molecule has 5 rings (SSSR count). The topological polar surface area (TPSA) is 74.3 Å². The SMILES string of the molecule is CC1(C)C2CCC1(CS(=O)(=O)[O-])C(=O)C2.CCCc1ccc([S+](c2ccccc2)c2ccccc2)cc1. The summed E-state index contributed by atoms with van der Waals surface area (Å²) < 4.78 is 32.7. The maximum Gasteiger partial charge on any atom is 0.166 e. The monoisotopic (exact) mass is 536 g/mol. The molecule has 2 aliphatic carbocycles. The minimum absolute atomic E-state index is 0.0248. The lowest BCUT2D eigenvalue weighted by Crippen LogP contribution is -2.42. The molecule has 0 spiro atoms. The lowest BCUT2D eigenvalue weighted by Gasteiger charge is -2.37. The van der Waals surface area contributed by atoms with Gasteiger partial charge in [-0.05, 0) is 72.6 Å². The molecule has 0 amide bonds. The standard InChI is InChI=1S/C21H21S.C10H16O4S/c1-2-9-18-14-16-21(17-15-18)22(19-10-5-3-6-11-19)20-12-7-4-8-13-20;1-9(2)7-3-4-10(9,8(11)5-7)6-15(12,13)14/h3-8,10-17H,2,9H2,1H3;7H,3-6H2,1-2H3,(H,12,13,14)/q+1;/p-1. The number of fused-ring (bicyclic) bond motifs is 2. The number of rotatable bonds is 7. The molecule has 37 heavy (non-hydrogen) atoms. The number of Topliss-reactive ketones (excluding diaryl/α,β-unsaturated/α-hetero) is 1. The molecule has 2 unspecified atom stereocenters. The molecular weight excluding hydrogens is 500 g/mol. The van der Waals surface area contributed by atoms with Crippen LogP contribution in [-0.4, -0.2) is 24.5 Å². The number of aryl methyl sites for hydroxylation is 1. The van der Waals surface area contributed by atoms with Gasteiger partial charge in [-0.3, -0.25) is 4.79 Å². The van der Waals surface area contributed by atoms with Gasteiger partial charge in [0, 0.05) is 11.8 Å². The number of ketones is 1. The summed E-state index contributed by atoms with van der Waals surface area (Å²) in [7, 11) is -4.35. The van der Waals surface area contributed by atoms with E-state index in [4.69, 9.17) is 0 Å². The zero-order chi connectivity index (χ0) is 26.7. The molecular formula is C31H36O4S2. The van der Waals surface area contributed by atoms with Crippen LogP contribution in [-0.2, 0) is 32.2 Å². The predicted octanol–water partition coefficient (Wildman–Crippen LogP) is 6.66. The molecule has 0 radical (unpaired) electrons. The molecule has 2 saturated carbocycles.